The van der Waals surface area contributed by atoms with E-state index in [0.717, 1.165) is 0 Å². The lowest BCUT2D eigenvalue weighted by molar-refractivity contribution is 1.04. The number of fused-ring (bicyclic) bond motifs is 3. The van der Waals surface area contributed by atoms with Crippen molar-refractivity contribution in [3.8, 4) is 0 Å². The van der Waals surface area contributed by atoms with Crippen LogP contribution in [0.4, 0.5) is 0 Å². The number of hydrogen-bond acceptors (Lipinski definition) is 0. The molecule has 0 spiro atoms. The van der Waals surface area contributed by atoms with Crippen molar-refractivity contribution in [3.63, 3.8) is 0 Å². The zero-order valence-corrected chi connectivity index (χ0v) is 21.4. The highest BCUT2D eigenvalue weighted by atomic mass is 14.7. The Labute approximate surface area is 226 Å². The molecule has 0 bridgehead atoms. The van der Waals surface area contributed by atoms with Crippen molar-refractivity contribution in [2.24, 2.45) is 0 Å². The van der Waals surface area contributed by atoms with E-state index in [1.807, 2.05) is 0 Å². The Bertz CT molecular complexity index is 2020. The largest absolute Gasteiger partial charge is 0.355 e. The van der Waals surface area contributed by atoms with Crippen molar-refractivity contribution < 1.29 is 0 Å². The lowest BCUT2D eigenvalue weighted by Gasteiger charge is -2.22. The highest BCUT2D eigenvalue weighted by Crippen LogP contribution is 2.42. The van der Waals surface area contributed by atoms with Gasteiger partial charge in [0.15, 0.2) is 0 Å². The molecule has 2 atom stereocenters. The molecule has 1 N–H and O–H groups in total. The topological polar surface area (TPSA) is 15.8 Å². The summed E-state index contributed by atoms with van der Waals surface area (Å²) in [6.45, 7) is 0. The third kappa shape index (κ3) is 3.02. The fourth-order valence-corrected chi connectivity index (χ4v) is 7.10. The maximum Gasteiger partial charge on any atom is 0.0465 e. The molecule has 1 aromatic heterocycles. The first-order chi connectivity index (χ1) is 19.3. The van der Waals surface area contributed by atoms with Crippen LogP contribution in [0.2, 0.25) is 0 Å². The number of aromatic amines is 1. The van der Waals surface area contributed by atoms with E-state index in [9.17, 15) is 0 Å². The fraction of sp³-hybridized carbons (Fsp3) is 0.0526. The summed E-state index contributed by atoms with van der Waals surface area (Å²) in [5.74, 6) is 0.494. The SMILES string of the molecule is C1=CC(c2ccc3[nH]c4ccc(C5C=Cc6cccc7cccc5c67)cc4c3c2)c2cccc3cccc1c23. The number of aromatic nitrogens is 1. The second-order valence-corrected chi connectivity index (χ2v) is 11.0. The van der Waals surface area contributed by atoms with Gasteiger partial charge in [-0.05, 0) is 79.2 Å². The van der Waals surface area contributed by atoms with Gasteiger partial charge in [0.2, 0.25) is 0 Å². The Balaban J connectivity index is 1.20. The van der Waals surface area contributed by atoms with Crippen LogP contribution in [0.1, 0.15) is 45.2 Å². The summed E-state index contributed by atoms with van der Waals surface area (Å²) in [6.07, 6.45) is 9.32. The van der Waals surface area contributed by atoms with E-state index in [0.29, 0.717) is 0 Å². The van der Waals surface area contributed by atoms with Gasteiger partial charge in [-0.2, -0.15) is 0 Å². The van der Waals surface area contributed by atoms with Gasteiger partial charge in [0.1, 0.15) is 0 Å². The maximum absolute atomic E-state index is 3.67. The van der Waals surface area contributed by atoms with Crippen LogP contribution in [-0.4, -0.2) is 4.98 Å². The van der Waals surface area contributed by atoms with Crippen LogP contribution in [0.25, 0.3) is 55.5 Å². The van der Waals surface area contributed by atoms with Crippen molar-refractivity contribution in [2.45, 2.75) is 11.8 Å². The molecular weight excluding hydrogens is 470 g/mol. The highest BCUT2D eigenvalue weighted by Gasteiger charge is 2.22. The molecule has 39 heavy (non-hydrogen) atoms. The maximum atomic E-state index is 3.67. The first-order valence-corrected chi connectivity index (χ1v) is 13.8. The molecule has 182 valence electrons. The minimum Gasteiger partial charge on any atom is -0.355 e. The van der Waals surface area contributed by atoms with Gasteiger partial charge >= 0.3 is 0 Å². The summed E-state index contributed by atoms with van der Waals surface area (Å²) in [6, 6.07) is 40.6. The molecule has 0 saturated heterocycles. The summed E-state index contributed by atoms with van der Waals surface area (Å²) in [5, 5.41) is 7.98. The van der Waals surface area contributed by atoms with Gasteiger partial charge in [-0.1, -0.05) is 109 Å². The molecule has 0 aliphatic heterocycles. The van der Waals surface area contributed by atoms with Crippen LogP contribution in [0, 0.1) is 0 Å². The van der Waals surface area contributed by atoms with Crippen LogP contribution in [0.15, 0.2) is 121 Å². The minimum absolute atomic E-state index is 0.247. The average molecular weight is 496 g/mol. The van der Waals surface area contributed by atoms with Gasteiger partial charge in [0.05, 0.1) is 0 Å². The Hall–Kier alpha value is -4.88. The van der Waals surface area contributed by atoms with Crippen molar-refractivity contribution in [1.29, 1.82) is 0 Å². The van der Waals surface area contributed by atoms with E-state index in [2.05, 4.69) is 138 Å². The van der Waals surface area contributed by atoms with Crippen LogP contribution in [0.3, 0.4) is 0 Å². The quantitative estimate of drug-likeness (QED) is 0.246. The second kappa shape index (κ2) is 7.82. The molecule has 9 rings (SSSR count). The number of benzene rings is 6. The number of hydrogen-bond donors (Lipinski definition) is 1. The predicted molar refractivity (Wildman–Crippen MR) is 165 cm³/mol. The Morgan fingerprint density at radius 3 is 1.41 bits per heavy atom. The third-order valence-corrected chi connectivity index (χ3v) is 8.91. The minimum atomic E-state index is 0.247. The fourth-order valence-electron chi connectivity index (χ4n) is 7.10. The van der Waals surface area contributed by atoms with Crippen molar-refractivity contribution in [2.75, 3.05) is 0 Å². The van der Waals surface area contributed by atoms with Gasteiger partial charge < -0.3 is 4.98 Å². The number of H-pyrrole nitrogens is 1. The molecule has 0 saturated carbocycles. The first kappa shape index (κ1) is 21.1. The van der Waals surface area contributed by atoms with Crippen LogP contribution in [-0.2, 0) is 0 Å². The molecule has 1 heterocycles. The molecule has 7 aromatic rings. The first-order valence-electron chi connectivity index (χ1n) is 13.8. The van der Waals surface area contributed by atoms with E-state index in [1.165, 1.54) is 76.7 Å². The predicted octanol–water partition coefficient (Wildman–Crippen LogP) is 9.94. The van der Waals surface area contributed by atoms with E-state index < -0.39 is 0 Å². The third-order valence-electron chi connectivity index (χ3n) is 8.91. The van der Waals surface area contributed by atoms with Crippen molar-refractivity contribution in [3.05, 3.63) is 155 Å². The lowest BCUT2D eigenvalue weighted by Crippen LogP contribution is -2.03. The second-order valence-electron chi connectivity index (χ2n) is 11.0. The standard InChI is InChI=1S/C38H25N/c1-5-23-9-3-11-31-29(17-13-25(7-1)37(23)31)27-15-19-35-33(21-27)34-22-28(16-20-36(34)39-35)30-18-14-26-8-2-6-24-10-4-12-32(30)38(24)26/h1-22,29-30,39H. The number of rotatable bonds is 2. The van der Waals surface area contributed by atoms with Crippen molar-refractivity contribution in [1.82, 2.24) is 4.98 Å². The summed E-state index contributed by atoms with van der Waals surface area (Å²) < 4.78 is 0. The monoisotopic (exact) mass is 495 g/mol. The van der Waals surface area contributed by atoms with Crippen LogP contribution < -0.4 is 0 Å². The molecule has 2 aliphatic rings. The summed E-state index contributed by atoms with van der Waals surface area (Å²) in [5.41, 5.74) is 10.5. The summed E-state index contributed by atoms with van der Waals surface area (Å²) >= 11 is 0. The van der Waals surface area contributed by atoms with Gasteiger partial charge in [-0.25, -0.2) is 0 Å². The average Bonchev–Trinajstić information content (AvgIpc) is 3.35. The molecule has 1 nitrogen and oxygen atoms in total. The van der Waals surface area contributed by atoms with Gasteiger partial charge in [0.25, 0.3) is 0 Å². The summed E-state index contributed by atoms with van der Waals surface area (Å²) in [4.78, 5) is 3.67. The van der Waals surface area contributed by atoms with Gasteiger partial charge in [0, 0.05) is 33.6 Å². The summed E-state index contributed by atoms with van der Waals surface area (Å²) in [7, 11) is 0. The Morgan fingerprint density at radius 2 is 0.923 bits per heavy atom. The zero-order chi connectivity index (χ0) is 25.5. The highest BCUT2D eigenvalue weighted by molar-refractivity contribution is 6.08. The normalized spacial score (nSPS) is 17.5. The molecule has 2 unspecified atom stereocenters. The number of nitrogens with one attached hydrogen (secondary N) is 1. The Morgan fingerprint density at radius 1 is 0.462 bits per heavy atom. The molecule has 0 radical (unpaired) electrons. The molecule has 1 heteroatoms. The number of allylic oxidation sites excluding steroid dienone is 2. The molecule has 2 aliphatic carbocycles. The molecule has 0 amide bonds. The molecule has 6 aromatic carbocycles. The van der Waals surface area contributed by atoms with Gasteiger partial charge in [-0.15, -0.1) is 0 Å². The van der Waals surface area contributed by atoms with Crippen LogP contribution >= 0.6 is 0 Å². The van der Waals surface area contributed by atoms with Gasteiger partial charge in [-0.3, -0.25) is 0 Å². The Kier molecular flexibility index (Phi) is 4.23. The molecule has 0 fully saturated rings. The smallest absolute Gasteiger partial charge is 0.0465 e. The zero-order valence-electron chi connectivity index (χ0n) is 21.4. The van der Waals surface area contributed by atoms with Crippen molar-refractivity contribution >= 4 is 55.5 Å². The molecular formula is C38H25N. The van der Waals surface area contributed by atoms with E-state index in [4.69, 9.17) is 0 Å². The van der Waals surface area contributed by atoms with E-state index >= 15 is 0 Å². The van der Waals surface area contributed by atoms with Crippen LogP contribution in [0.5, 0.6) is 0 Å². The van der Waals surface area contributed by atoms with E-state index in [-0.39, 0.29) is 11.8 Å². The van der Waals surface area contributed by atoms with E-state index in [1.54, 1.807) is 0 Å². The lowest BCUT2D eigenvalue weighted by atomic mass is 9.81.